The standard InChI is InChI=1S/C22H24BrCl2NO2S.C7H5Br2Cl.C7H6BrCl/c1-22(2,3)28-21(27)26-10-8-15-5-7-19(25)20(16(15)9-11-26)29-13-14-4-6-18(24)17(23)12-14;8-4-5-1-2-7(10)6(9)3-5;1-5-2-3-7(9)6(8)4-5/h4-7,12H,8-11,13H2,1-3H3;1-3H,4H2;2-4H,1H3. The van der Waals surface area contributed by atoms with E-state index >= 15 is 0 Å². The van der Waals surface area contributed by atoms with Gasteiger partial charge in [-0.3, -0.25) is 0 Å². The number of ether oxygens (including phenoxy) is 1. The van der Waals surface area contributed by atoms with Gasteiger partial charge in [-0.1, -0.05) is 86.6 Å². The zero-order valence-electron chi connectivity index (χ0n) is 26.8. The predicted octanol–water partition coefficient (Wildman–Crippen LogP) is 14.8. The van der Waals surface area contributed by atoms with Gasteiger partial charge in [0.2, 0.25) is 0 Å². The van der Waals surface area contributed by atoms with Crippen LogP contribution in [0, 0.1) is 6.92 Å². The lowest BCUT2D eigenvalue weighted by atomic mass is 10.0. The predicted molar refractivity (Wildman–Crippen MR) is 221 cm³/mol. The van der Waals surface area contributed by atoms with Gasteiger partial charge >= 0.3 is 6.09 Å². The van der Waals surface area contributed by atoms with Crippen molar-refractivity contribution in [2.24, 2.45) is 0 Å². The largest absolute Gasteiger partial charge is 0.444 e. The van der Waals surface area contributed by atoms with Crippen LogP contribution in [0.5, 0.6) is 0 Å². The highest BCUT2D eigenvalue weighted by atomic mass is 79.9. The smallest absolute Gasteiger partial charge is 0.410 e. The Balaban J connectivity index is 0.000000266. The third-order valence-corrected chi connectivity index (χ3v) is 12.8. The zero-order valence-corrected chi connectivity index (χ0v) is 37.0. The summed E-state index contributed by atoms with van der Waals surface area (Å²) in [6.07, 6.45) is 1.31. The molecule has 0 atom stereocenters. The van der Waals surface area contributed by atoms with Crippen molar-refractivity contribution >= 4 is 128 Å². The first kappa shape index (κ1) is 42.0. The van der Waals surface area contributed by atoms with Crippen molar-refractivity contribution in [1.29, 1.82) is 0 Å². The van der Waals surface area contributed by atoms with Gasteiger partial charge in [0, 0.05) is 42.5 Å². The van der Waals surface area contributed by atoms with E-state index < -0.39 is 5.60 Å². The Morgan fingerprint density at radius 3 is 1.83 bits per heavy atom. The van der Waals surface area contributed by atoms with Crippen LogP contribution in [-0.2, 0) is 28.7 Å². The minimum Gasteiger partial charge on any atom is -0.444 e. The van der Waals surface area contributed by atoms with Crippen molar-refractivity contribution in [1.82, 2.24) is 4.90 Å². The Labute approximate surface area is 342 Å². The van der Waals surface area contributed by atoms with E-state index in [0.29, 0.717) is 18.1 Å². The van der Waals surface area contributed by atoms with Gasteiger partial charge in [0.15, 0.2) is 0 Å². The summed E-state index contributed by atoms with van der Waals surface area (Å²) in [6.45, 7) is 8.98. The number of thioether (sulfide) groups is 1. The van der Waals surface area contributed by atoms with Gasteiger partial charge in [0.1, 0.15) is 5.60 Å². The molecule has 0 fully saturated rings. The maximum absolute atomic E-state index is 12.5. The van der Waals surface area contributed by atoms with Gasteiger partial charge in [-0.15, -0.1) is 11.8 Å². The van der Waals surface area contributed by atoms with Crippen LogP contribution in [0.4, 0.5) is 4.79 Å². The van der Waals surface area contributed by atoms with Gasteiger partial charge < -0.3 is 9.64 Å². The lowest BCUT2D eigenvalue weighted by Gasteiger charge is -2.26. The summed E-state index contributed by atoms with van der Waals surface area (Å²) in [5, 5.41) is 3.84. The maximum atomic E-state index is 12.5. The SMILES string of the molecule is CC(C)(C)OC(=O)N1CCc2ccc(Cl)c(SCc3ccc(Cl)c(Br)c3)c2CC1.Cc1ccc(Cl)c(Br)c1.Clc1ccc(CBr)cc1Br. The van der Waals surface area contributed by atoms with E-state index in [1.165, 1.54) is 27.8 Å². The number of fused-ring (bicyclic) bond motifs is 1. The number of carbonyl (C=O) groups is 1. The normalized spacial score (nSPS) is 12.5. The number of benzene rings is 4. The van der Waals surface area contributed by atoms with Crippen molar-refractivity contribution in [3.05, 3.63) is 128 Å². The molecule has 0 radical (unpaired) electrons. The van der Waals surface area contributed by atoms with Crippen molar-refractivity contribution in [2.75, 3.05) is 13.1 Å². The molecular weight excluding hydrogens is 972 g/mol. The first-order chi connectivity index (χ1) is 22.6. The third kappa shape index (κ3) is 13.6. The molecule has 0 unspecified atom stereocenters. The second-order valence-corrected chi connectivity index (χ2v) is 17.6. The molecule has 5 rings (SSSR count). The Kier molecular flexibility index (Phi) is 17.5. The fourth-order valence-corrected chi connectivity index (χ4v) is 7.93. The molecular formula is C36H35Br4Cl4NO2S. The van der Waals surface area contributed by atoms with Crippen LogP contribution >= 0.6 is 122 Å². The summed E-state index contributed by atoms with van der Waals surface area (Å²) in [5.41, 5.74) is 5.60. The maximum Gasteiger partial charge on any atom is 0.410 e. The van der Waals surface area contributed by atoms with Crippen LogP contribution in [0.3, 0.4) is 0 Å². The minimum absolute atomic E-state index is 0.253. The number of aryl methyl sites for hydroxylation is 1. The number of hydrogen-bond acceptors (Lipinski definition) is 3. The summed E-state index contributed by atoms with van der Waals surface area (Å²) < 4.78 is 8.36. The number of hydrogen-bond donors (Lipinski definition) is 0. The first-order valence-corrected chi connectivity index (χ1v) is 20.8. The van der Waals surface area contributed by atoms with Crippen LogP contribution in [0.2, 0.25) is 20.1 Å². The second-order valence-electron chi connectivity index (χ2n) is 11.8. The summed E-state index contributed by atoms with van der Waals surface area (Å²) in [4.78, 5) is 15.4. The molecule has 4 aromatic rings. The van der Waals surface area contributed by atoms with Gasteiger partial charge in [-0.25, -0.2) is 4.79 Å². The summed E-state index contributed by atoms with van der Waals surface area (Å²) in [7, 11) is 0. The van der Waals surface area contributed by atoms with Crippen LogP contribution in [0.15, 0.2) is 85.0 Å². The fourth-order valence-electron chi connectivity index (χ4n) is 4.44. The average molecular weight is 1010 g/mol. The van der Waals surface area contributed by atoms with Gasteiger partial charge in [-0.2, -0.15) is 0 Å². The summed E-state index contributed by atoms with van der Waals surface area (Å²) in [6, 6.07) is 21.7. The number of carbonyl (C=O) groups excluding carboxylic acids is 1. The molecule has 0 aromatic heterocycles. The van der Waals surface area contributed by atoms with E-state index in [4.69, 9.17) is 51.1 Å². The summed E-state index contributed by atoms with van der Waals surface area (Å²) in [5.74, 6) is 0.793. The number of rotatable bonds is 4. The molecule has 0 saturated heterocycles. The number of amides is 1. The molecule has 1 aliphatic heterocycles. The lowest BCUT2D eigenvalue weighted by Crippen LogP contribution is -2.38. The van der Waals surface area contributed by atoms with Crippen LogP contribution in [0.1, 0.15) is 48.6 Å². The molecule has 1 amide bonds. The molecule has 4 aromatic carbocycles. The molecule has 0 bridgehead atoms. The van der Waals surface area contributed by atoms with Crippen molar-refractivity contribution < 1.29 is 9.53 Å². The van der Waals surface area contributed by atoms with E-state index in [1.807, 2.05) is 88.4 Å². The summed E-state index contributed by atoms with van der Waals surface area (Å²) >= 11 is 39.4. The average Bonchev–Trinajstić information content (AvgIpc) is 3.25. The number of nitrogens with zero attached hydrogens (tertiary/aromatic N) is 1. The van der Waals surface area contributed by atoms with Gasteiger partial charge in [0.05, 0.1) is 20.1 Å². The second kappa shape index (κ2) is 20.0. The number of alkyl halides is 1. The minimum atomic E-state index is -0.493. The molecule has 1 aliphatic rings. The Bertz CT molecular complexity index is 1720. The molecule has 258 valence electrons. The first-order valence-electron chi connectivity index (χ1n) is 14.8. The highest BCUT2D eigenvalue weighted by molar-refractivity contribution is 9.11. The quantitative estimate of drug-likeness (QED) is 0.151. The highest BCUT2D eigenvalue weighted by Crippen LogP contribution is 2.37. The van der Waals surface area contributed by atoms with E-state index in [0.717, 1.165) is 57.3 Å². The fraction of sp³-hybridized carbons (Fsp3) is 0.306. The molecule has 12 heteroatoms. The monoisotopic (exact) mass is 1000 g/mol. The Hall–Kier alpha value is -0.420. The molecule has 0 saturated carbocycles. The Morgan fingerprint density at radius 1 is 0.771 bits per heavy atom. The molecule has 0 N–H and O–H groups in total. The lowest BCUT2D eigenvalue weighted by molar-refractivity contribution is 0.0258. The van der Waals surface area contributed by atoms with E-state index in [9.17, 15) is 4.79 Å². The molecule has 0 aliphatic carbocycles. The Morgan fingerprint density at radius 2 is 1.29 bits per heavy atom. The van der Waals surface area contributed by atoms with E-state index in [1.54, 1.807) is 16.7 Å². The molecule has 48 heavy (non-hydrogen) atoms. The molecule has 3 nitrogen and oxygen atoms in total. The topological polar surface area (TPSA) is 29.5 Å². The van der Waals surface area contributed by atoms with Gasteiger partial charge in [-0.05, 0) is 159 Å². The number of halogens is 8. The van der Waals surface area contributed by atoms with Gasteiger partial charge in [0.25, 0.3) is 0 Å². The van der Waals surface area contributed by atoms with Crippen molar-refractivity contribution in [3.8, 4) is 0 Å². The zero-order chi connectivity index (χ0) is 35.6. The van der Waals surface area contributed by atoms with E-state index in [-0.39, 0.29) is 6.09 Å². The van der Waals surface area contributed by atoms with Crippen LogP contribution in [0.25, 0.3) is 0 Å². The van der Waals surface area contributed by atoms with Crippen molar-refractivity contribution in [2.45, 2.75) is 62.1 Å². The van der Waals surface area contributed by atoms with E-state index in [2.05, 4.69) is 69.8 Å². The molecule has 0 spiro atoms. The van der Waals surface area contributed by atoms with Crippen molar-refractivity contribution in [3.63, 3.8) is 0 Å². The van der Waals surface area contributed by atoms with Crippen LogP contribution in [-0.4, -0.2) is 29.7 Å². The molecule has 1 heterocycles. The van der Waals surface area contributed by atoms with Crippen LogP contribution < -0.4 is 0 Å². The third-order valence-electron chi connectivity index (χ3n) is 6.82. The highest BCUT2D eigenvalue weighted by Gasteiger charge is 2.25.